The molecule has 0 aliphatic carbocycles. The van der Waals surface area contributed by atoms with Crippen LogP contribution in [0.15, 0.2) is 0 Å². The fourth-order valence-electron chi connectivity index (χ4n) is 1.57. The fraction of sp³-hybridized carbons (Fsp3) is 0.909. The predicted molar refractivity (Wildman–Crippen MR) is 67.2 cm³/mol. The van der Waals surface area contributed by atoms with Gasteiger partial charge in [-0.1, -0.05) is 0 Å². The summed E-state index contributed by atoms with van der Waals surface area (Å²) in [6.07, 6.45) is 0.495. The smallest absolute Gasteiger partial charge is 0.227 e. The number of sulfone groups is 1. The van der Waals surface area contributed by atoms with Gasteiger partial charge in [-0.25, -0.2) is 8.42 Å². The van der Waals surface area contributed by atoms with Crippen molar-refractivity contribution in [2.75, 3.05) is 11.5 Å². The third-order valence-electron chi connectivity index (χ3n) is 3.75. The molecule has 0 spiro atoms. The average Bonchev–Trinajstić information content (AvgIpc) is 2.43. The Morgan fingerprint density at radius 2 is 1.82 bits per heavy atom. The summed E-state index contributed by atoms with van der Waals surface area (Å²) in [5.41, 5.74) is 4.57. The number of rotatable bonds is 3. The fourth-order valence-corrected chi connectivity index (χ4v) is 3.24. The number of carbonyl (C=O) groups is 1. The van der Waals surface area contributed by atoms with E-state index in [0.717, 1.165) is 0 Å². The van der Waals surface area contributed by atoms with Gasteiger partial charge in [-0.3, -0.25) is 4.79 Å². The highest BCUT2D eigenvalue weighted by Crippen LogP contribution is 2.29. The van der Waals surface area contributed by atoms with Gasteiger partial charge in [0.05, 0.1) is 16.9 Å². The zero-order valence-corrected chi connectivity index (χ0v) is 11.7. The molecule has 17 heavy (non-hydrogen) atoms. The van der Waals surface area contributed by atoms with Crippen molar-refractivity contribution in [2.45, 2.75) is 45.7 Å². The molecule has 1 atom stereocenters. The standard InChI is InChI=1S/C11H22N2O3S/c1-10(2,11(3,4)12)9(14)13-8-5-6-17(15,16)7-8/h8H,5-7,12H2,1-4H3,(H,13,14). The highest BCUT2D eigenvalue weighted by molar-refractivity contribution is 7.91. The molecule has 1 saturated heterocycles. The summed E-state index contributed by atoms with van der Waals surface area (Å²) in [5, 5.41) is 2.78. The predicted octanol–water partition coefficient (Wildman–Crippen LogP) is 0.0532. The van der Waals surface area contributed by atoms with E-state index in [9.17, 15) is 13.2 Å². The van der Waals surface area contributed by atoms with Gasteiger partial charge in [-0.05, 0) is 34.1 Å². The minimum atomic E-state index is -2.97. The number of nitrogens with one attached hydrogen (secondary N) is 1. The lowest BCUT2D eigenvalue weighted by Gasteiger charge is -2.37. The SMILES string of the molecule is CC(C)(N)C(C)(C)C(=O)NC1CCS(=O)(=O)C1. The van der Waals surface area contributed by atoms with Crippen LogP contribution in [-0.2, 0) is 14.6 Å². The molecular formula is C11H22N2O3S. The van der Waals surface area contributed by atoms with Gasteiger partial charge in [0.15, 0.2) is 9.84 Å². The first-order chi connectivity index (χ1) is 7.46. The van der Waals surface area contributed by atoms with Crippen molar-refractivity contribution in [3.8, 4) is 0 Å². The van der Waals surface area contributed by atoms with E-state index in [1.54, 1.807) is 27.7 Å². The Morgan fingerprint density at radius 3 is 2.18 bits per heavy atom. The van der Waals surface area contributed by atoms with E-state index in [1.165, 1.54) is 0 Å². The first kappa shape index (κ1) is 14.4. The van der Waals surface area contributed by atoms with Gasteiger partial charge in [-0.2, -0.15) is 0 Å². The Balaban J connectivity index is 2.69. The molecule has 1 unspecified atom stereocenters. The number of amides is 1. The second-order valence-corrected chi connectivity index (χ2v) is 8.15. The van der Waals surface area contributed by atoms with Crippen molar-refractivity contribution < 1.29 is 13.2 Å². The quantitative estimate of drug-likeness (QED) is 0.752. The van der Waals surface area contributed by atoms with Crippen LogP contribution in [0.3, 0.4) is 0 Å². The van der Waals surface area contributed by atoms with Crippen LogP contribution < -0.4 is 11.1 Å². The van der Waals surface area contributed by atoms with Crippen LogP contribution in [0.1, 0.15) is 34.1 Å². The van der Waals surface area contributed by atoms with Gasteiger partial charge in [0.1, 0.15) is 0 Å². The van der Waals surface area contributed by atoms with Gasteiger partial charge in [-0.15, -0.1) is 0 Å². The van der Waals surface area contributed by atoms with Crippen LogP contribution in [0.5, 0.6) is 0 Å². The van der Waals surface area contributed by atoms with Gasteiger partial charge >= 0.3 is 0 Å². The lowest BCUT2D eigenvalue weighted by atomic mass is 9.74. The Bertz CT molecular complexity index is 407. The first-order valence-electron chi connectivity index (χ1n) is 5.76. The summed E-state index contributed by atoms with van der Waals surface area (Å²) in [6.45, 7) is 7.12. The highest BCUT2D eigenvalue weighted by atomic mass is 32.2. The Morgan fingerprint density at radius 1 is 1.29 bits per heavy atom. The van der Waals surface area contributed by atoms with Gasteiger partial charge in [0.25, 0.3) is 0 Å². The number of carbonyl (C=O) groups excluding carboxylic acids is 1. The van der Waals surface area contributed by atoms with Crippen molar-refractivity contribution in [2.24, 2.45) is 11.1 Å². The monoisotopic (exact) mass is 262 g/mol. The number of hydrogen-bond donors (Lipinski definition) is 2. The minimum absolute atomic E-state index is 0.0415. The van der Waals surface area contributed by atoms with Crippen molar-refractivity contribution in [3.05, 3.63) is 0 Å². The molecule has 0 aromatic rings. The van der Waals surface area contributed by atoms with Crippen molar-refractivity contribution in [1.82, 2.24) is 5.32 Å². The van der Waals surface area contributed by atoms with E-state index in [0.29, 0.717) is 6.42 Å². The molecule has 1 rings (SSSR count). The van der Waals surface area contributed by atoms with Crippen LogP contribution >= 0.6 is 0 Å². The first-order valence-corrected chi connectivity index (χ1v) is 7.58. The minimum Gasteiger partial charge on any atom is -0.352 e. The lowest BCUT2D eigenvalue weighted by molar-refractivity contribution is -0.132. The van der Waals surface area contributed by atoms with Crippen molar-refractivity contribution in [1.29, 1.82) is 0 Å². The van der Waals surface area contributed by atoms with Crippen molar-refractivity contribution >= 4 is 15.7 Å². The Hall–Kier alpha value is -0.620. The van der Waals surface area contributed by atoms with Gasteiger partial charge in [0, 0.05) is 11.6 Å². The molecule has 5 nitrogen and oxygen atoms in total. The van der Waals surface area contributed by atoms with Crippen LogP contribution in [0, 0.1) is 5.41 Å². The topological polar surface area (TPSA) is 89.3 Å². The van der Waals surface area contributed by atoms with Crippen LogP contribution in [0.2, 0.25) is 0 Å². The molecule has 1 heterocycles. The molecule has 100 valence electrons. The lowest BCUT2D eigenvalue weighted by Crippen LogP contribution is -2.57. The van der Waals surface area contributed by atoms with Gasteiger partial charge in [0.2, 0.25) is 5.91 Å². The number of nitrogens with two attached hydrogens (primary N) is 1. The largest absolute Gasteiger partial charge is 0.352 e. The van der Waals surface area contributed by atoms with Crippen LogP contribution in [0.25, 0.3) is 0 Å². The third kappa shape index (κ3) is 3.19. The summed E-state index contributed by atoms with van der Waals surface area (Å²) in [7, 11) is -2.97. The molecule has 0 saturated carbocycles. The molecule has 0 radical (unpaired) electrons. The van der Waals surface area contributed by atoms with E-state index in [2.05, 4.69) is 5.32 Å². The van der Waals surface area contributed by atoms with E-state index in [4.69, 9.17) is 5.73 Å². The summed E-state index contributed by atoms with van der Waals surface area (Å²) in [6, 6.07) is -0.269. The van der Waals surface area contributed by atoms with E-state index < -0.39 is 20.8 Å². The average molecular weight is 262 g/mol. The number of hydrogen-bond acceptors (Lipinski definition) is 4. The molecule has 0 aromatic heterocycles. The van der Waals surface area contributed by atoms with Crippen molar-refractivity contribution in [3.63, 3.8) is 0 Å². The molecule has 0 bridgehead atoms. The molecule has 0 aromatic carbocycles. The molecule has 1 aliphatic heterocycles. The maximum atomic E-state index is 12.1. The van der Waals surface area contributed by atoms with Crippen LogP contribution in [0.4, 0.5) is 0 Å². The zero-order chi connectivity index (χ0) is 13.5. The highest BCUT2D eigenvalue weighted by Gasteiger charge is 2.42. The molecular weight excluding hydrogens is 240 g/mol. The van der Waals surface area contributed by atoms with Gasteiger partial charge < -0.3 is 11.1 Å². The Kier molecular flexibility index (Phi) is 3.60. The maximum Gasteiger partial charge on any atom is 0.227 e. The third-order valence-corrected chi connectivity index (χ3v) is 5.51. The Labute approximate surface area is 103 Å². The second-order valence-electron chi connectivity index (χ2n) is 5.92. The maximum absolute atomic E-state index is 12.1. The summed E-state index contributed by atoms with van der Waals surface area (Å²) in [5.74, 6) is 0.0108. The van der Waals surface area contributed by atoms with E-state index in [-0.39, 0.29) is 23.5 Å². The molecule has 3 N–H and O–H groups in total. The molecule has 6 heteroatoms. The molecule has 1 fully saturated rings. The van der Waals surface area contributed by atoms with E-state index >= 15 is 0 Å². The summed E-state index contributed by atoms with van der Waals surface area (Å²) >= 11 is 0. The summed E-state index contributed by atoms with van der Waals surface area (Å²) < 4.78 is 22.6. The zero-order valence-electron chi connectivity index (χ0n) is 10.9. The normalized spacial score (nSPS) is 24.6. The second kappa shape index (κ2) is 4.24. The van der Waals surface area contributed by atoms with Crippen LogP contribution in [-0.4, -0.2) is 37.4 Å². The van der Waals surface area contributed by atoms with E-state index in [1.807, 2.05) is 0 Å². The molecule has 1 amide bonds. The summed E-state index contributed by atoms with van der Waals surface area (Å²) in [4.78, 5) is 12.1. The molecule has 1 aliphatic rings.